The summed E-state index contributed by atoms with van der Waals surface area (Å²) in [5.74, 6) is 0.313. The van der Waals surface area contributed by atoms with Crippen LogP contribution in [0.15, 0.2) is 17.1 Å². The van der Waals surface area contributed by atoms with E-state index in [9.17, 15) is 0 Å². The van der Waals surface area contributed by atoms with Crippen LogP contribution in [0.3, 0.4) is 0 Å². The van der Waals surface area contributed by atoms with Crippen LogP contribution in [0.5, 0.6) is 0 Å². The molecule has 0 atom stereocenters. The predicted octanol–water partition coefficient (Wildman–Crippen LogP) is 3.61. The number of guanidine groups is 1. The van der Waals surface area contributed by atoms with Crippen LogP contribution in [0.25, 0.3) is 0 Å². The maximum absolute atomic E-state index is 5.58. The Hall–Kier alpha value is -1.10. The smallest absolute Gasteiger partial charge is 0.194 e. The number of aliphatic imine (C=N–C) groups is 1. The highest BCUT2D eigenvalue weighted by Gasteiger charge is 1.92. The molecule has 0 aromatic heterocycles. The predicted molar refractivity (Wildman–Crippen MR) is 97.4 cm³/mol. The van der Waals surface area contributed by atoms with Gasteiger partial charge in [-0.05, 0) is 44.3 Å². The van der Waals surface area contributed by atoms with E-state index in [2.05, 4.69) is 41.6 Å². The molecule has 0 spiro atoms. The van der Waals surface area contributed by atoms with Crippen LogP contribution in [0, 0.1) is 0 Å². The average Bonchev–Trinajstić information content (AvgIpc) is 2.43. The van der Waals surface area contributed by atoms with Crippen molar-refractivity contribution in [2.75, 3.05) is 6.54 Å². The molecule has 0 radical (unpaired) electrons. The van der Waals surface area contributed by atoms with Crippen LogP contribution >= 0.6 is 12.2 Å². The van der Waals surface area contributed by atoms with Gasteiger partial charge in [-0.2, -0.15) is 0 Å². The number of rotatable bonds is 12. The number of nitrogens with one attached hydrogen (secondary N) is 1. The van der Waals surface area contributed by atoms with E-state index in [0.29, 0.717) is 5.96 Å². The lowest BCUT2D eigenvalue weighted by Gasteiger charge is -2.02. The van der Waals surface area contributed by atoms with Gasteiger partial charge in [0.05, 0.1) is 0 Å². The summed E-state index contributed by atoms with van der Waals surface area (Å²) in [6, 6.07) is 0. The van der Waals surface area contributed by atoms with E-state index in [1.807, 2.05) is 0 Å². The molecule has 0 saturated carbocycles. The molecule has 0 aliphatic rings. The van der Waals surface area contributed by atoms with E-state index < -0.39 is 0 Å². The maximum Gasteiger partial charge on any atom is 0.194 e. The second kappa shape index (κ2) is 15.3. The van der Waals surface area contributed by atoms with Crippen molar-refractivity contribution in [1.29, 1.82) is 0 Å². The van der Waals surface area contributed by atoms with Crippen LogP contribution < -0.4 is 16.8 Å². The Labute approximate surface area is 135 Å². The van der Waals surface area contributed by atoms with Gasteiger partial charge in [0.1, 0.15) is 0 Å². The highest BCUT2D eigenvalue weighted by Crippen LogP contribution is 2.06. The molecular formula is C16H32N4S. The minimum absolute atomic E-state index is 0.165. The first kappa shape index (κ1) is 19.9. The Morgan fingerprint density at radius 3 is 2.10 bits per heavy atom. The molecule has 0 bridgehead atoms. The molecule has 5 heteroatoms. The molecule has 0 aliphatic carbocycles. The van der Waals surface area contributed by atoms with E-state index in [1.54, 1.807) is 0 Å². The normalized spacial score (nSPS) is 12.0. The first-order valence-electron chi connectivity index (χ1n) is 8.18. The molecule has 0 fully saturated rings. The van der Waals surface area contributed by atoms with Gasteiger partial charge in [-0.1, -0.05) is 51.2 Å². The summed E-state index contributed by atoms with van der Waals surface area (Å²) >= 11 is 4.67. The van der Waals surface area contributed by atoms with E-state index in [1.165, 1.54) is 57.8 Å². The molecule has 0 aromatic rings. The minimum Gasteiger partial charge on any atom is -0.376 e. The molecule has 0 aliphatic heterocycles. The summed E-state index contributed by atoms with van der Waals surface area (Å²) in [7, 11) is 0. The zero-order chi connectivity index (χ0) is 15.8. The summed E-state index contributed by atoms with van der Waals surface area (Å²) < 4.78 is 0. The van der Waals surface area contributed by atoms with Gasteiger partial charge in [0.2, 0.25) is 0 Å². The average molecular weight is 313 g/mol. The van der Waals surface area contributed by atoms with Crippen molar-refractivity contribution in [1.82, 2.24) is 5.32 Å². The molecule has 4 nitrogen and oxygen atoms in total. The Kier molecular flexibility index (Phi) is 14.5. The summed E-state index contributed by atoms with van der Waals surface area (Å²) in [5.41, 5.74) is 10.9. The standard InChI is InChI=1S/C16H32N4S/c1-2-3-4-5-6-7-8-9-10-11-12-13-14-19-15(17)20-16(18)21/h7-8H,2-6,9-14H2,1H3,(H5,17,18,19,20,21)/b8-7+. The number of nitrogens with zero attached hydrogens (tertiary/aromatic N) is 1. The number of nitrogens with two attached hydrogens (primary N) is 2. The van der Waals surface area contributed by atoms with Crippen molar-refractivity contribution in [2.24, 2.45) is 16.5 Å². The molecule has 21 heavy (non-hydrogen) atoms. The molecule has 122 valence electrons. The van der Waals surface area contributed by atoms with Crippen LogP contribution in [-0.2, 0) is 0 Å². The Morgan fingerprint density at radius 1 is 0.952 bits per heavy atom. The highest BCUT2D eigenvalue weighted by molar-refractivity contribution is 7.80. The van der Waals surface area contributed by atoms with Gasteiger partial charge < -0.3 is 16.8 Å². The molecule has 0 heterocycles. The van der Waals surface area contributed by atoms with Gasteiger partial charge >= 0.3 is 0 Å². The van der Waals surface area contributed by atoms with Crippen molar-refractivity contribution < 1.29 is 0 Å². The lowest BCUT2D eigenvalue weighted by Crippen LogP contribution is -2.40. The third-order valence-electron chi connectivity index (χ3n) is 3.20. The van der Waals surface area contributed by atoms with Gasteiger partial charge in [-0.15, -0.1) is 0 Å². The monoisotopic (exact) mass is 312 g/mol. The fraction of sp³-hybridized carbons (Fsp3) is 0.750. The van der Waals surface area contributed by atoms with Crippen molar-refractivity contribution in [3.63, 3.8) is 0 Å². The molecule has 0 unspecified atom stereocenters. The van der Waals surface area contributed by atoms with Crippen molar-refractivity contribution >= 4 is 23.3 Å². The van der Waals surface area contributed by atoms with E-state index in [0.717, 1.165) is 13.0 Å². The Balaban J connectivity index is 3.29. The summed E-state index contributed by atoms with van der Waals surface area (Å²) in [6.07, 6.45) is 17.2. The third-order valence-corrected chi connectivity index (χ3v) is 3.31. The molecule has 0 rings (SSSR count). The fourth-order valence-electron chi connectivity index (χ4n) is 2.02. The Bertz CT molecular complexity index is 313. The SMILES string of the molecule is CCCCCC/C=C/CCCCCCN=C(N)NC(N)=S. The van der Waals surface area contributed by atoms with Gasteiger partial charge in [0.15, 0.2) is 11.1 Å². The van der Waals surface area contributed by atoms with Crippen LogP contribution in [0.4, 0.5) is 0 Å². The number of hydrogen-bond acceptors (Lipinski definition) is 2. The lowest BCUT2D eigenvalue weighted by molar-refractivity contribution is 0.650. The van der Waals surface area contributed by atoms with E-state index in [-0.39, 0.29) is 5.11 Å². The quantitative estimate of drug-likeness (QED) is 0.169. The number of hydrogen-bond donors (Lipinski definition) is 3. The lowest BCUT2D eigenvalue weighted by atomic mass is 10.1. The molecule has 0 aromatic carbocycles. The van der Waals surface area contributed by atoms with E-state index in [4.69, 9.17) is 11.5 Å². The summed E-state index contributed by atoms with van der Waals surface area (Å²) in [6.45, 7) is 2.98. The van der Waals surface area contributed by atoms with Gasteiger partial charge in [-0.25, -0.2) is 0 Å². The Morgan fingerprint density at radius 2 is 1.52 bits per heavy atom. The zero-order valence-corrected chi connectivity index (χ0v) is 14.3. The number of allylic oxidation sites excluding steroid dienone is 2. The van der Waals surface area contributed by atoms with Gasteiger partial charge in [-0.3, -0.25) is 4.99 Å². The zero-order valence-electron chi connectivity index (χ0n) is 13.4. The van der Waals surface area contributed by atoms with Crippen LogP contribution in [0.1, 0.15) is 71.1 Å². The highest BCUT2D eigenvalue weighted by atomic mass is 32.1. The van der Waals surface area contributed by atoms with Crippen molar-refractivity contribution in [3.8, 4) is 0 Å². The maximum atomic E-state index is 5.58. The van der Waals surface area contributed by atoms with Gasteiger partial charge in [0, 0.05) is 6.54 Å². The van der Waals surface area contributed by atoms with Gasteiger partial charge in [0.25, 0.3) is 0 Å². The summed E-state index contributed by atoms with van der Waals surface area (Å²) in [4.78, 5) is 4.15. The van der Waals surface area contributed by atoms with E-state index >= 15 is 0 Å². The molecule has 0 saturated heterocycles. The fourth-order valence-corrected chi connectivity index (χ4v) is 2.12. The van der Waals surface area contributed by atoms with Crippen LogP contribution in [0.2, 0.25) is 0 Å². The number of unbranched alkanes of at least 4 members (excludes halogenated alkanes) is 8. The van der Waals surface area contributed by atoms with Crippen molar-refractivity contribution in [3.05, 3.63) is 12.2 Å². The topological polar surface area (TPSA) is 76.4 Å². The summed E-state index contributed by atoms with van der Waals surface area (Å²) in [5, 5.41) is 2.78. The first-order valence-corrected chi connectivity index (χ1v) is 8.59. The molecule has 0 amide bonds. The molecular weight excluding hydrogens is 280 g/mol. The number of thiocarbonyl (C=S) groups is 1. The third kappa shape index (κ3) is 16.8. The first-order chi connectivity index (χ1) is 10.2. The second-order valence-corrected chi connectivity index (χ2v) is 5.72. The van der Waals surface area contributed by atoms with Crippen LogP contribution in [-0.4, -0.2) is 17.6 Å². The second-order valence-electron chi connectivity index (χ2n) is 5.28. The molecule has 5 N–H and O–H groups in total. The largest absolute Gasteiger partial charge is 0.376 e. The minimum atomic E-state index is 0.165. The van der Waals surface area contributed by atoms with Crippen molar-refractivity contribution in [2.45, 2.75) is 71.1 Å².